The quantitative estimate of drug-likeness (QED) is 0.480. The second-order valence-electron chi connectivity index (χ2n) is 6.63. The van der Waals surface area contributed by atoms with Crippen LogP contribution in [0.1, 0.15) is 51.7 Å². The summed E-state index contributed by atoms with van der Waals surface area (Å²) in [4.78, 5) is 4.49. The Kier molecular flexibility index (Phi) is 7.37. The number of nitrogens with one attached hydrogen (secondary N) is 2. The zero-order valence-corrected chi connectivity index (χ0v) is 15.1. The molecule has 0 saturated heterocycles. The summed E-state index contributed by atoms with van der Waals surface area (Å²) in [5.74, 6) is 2.49. The summed E-state index contributed by atoms with van der Waals surface area (Å²) in [5.41, 5.74) is 0.851. The van der Waals surface area contributed by atoms with Crippen molar-refractivity contribution in [1.82, 2.24) is 10.6 Å². The van der Waals surface area contributed by atoms with E-state index in [1.54, 1.807) is 0 Å². The molecule has 1 saturated carbocycles. The highest BCUT2D eigenvalue weighted by Gasteiger charge is 2.20. The number of hydrogen-bond acceptors (Lipinski definition) is 3. The van der Waals surface area contributed by atoms with Gasteiger partial charge in [0.1, 0.15) is 5.75 Å². The van der Waals surface area contributed by atoms with E-state index in [0.29, 0.717) is 6.54 Å². The van der Waals surface area contributed by atoms with E-state index in [1.807, 2.05) is 45.0 Å². The van der Waals surface area contributed by atoms with Crippen LogP contribution in [0.5, 0.6) is 5.75 Å². The standard InChI is InChI=1S/C19H31N3O2/c1-4-20-19(21-12-11-15-5-6-15)22-13-18(23)16-7-9-17(10-8-16)24-14(2)3/h7-10,14-15,18,23H,4-6,11-13H2,1-3H3,(H2,20,21,22). The first-order valence-electron chi connectivity index (χ1n) is 9.05. The summed E-state index contributed by atoms with van der Waals surface area (Å²) in [6.07, 6.45) is 3.46. The minimum atomic E-state index is -0.614. The van der Waals surface area contributed by atoms with Crippen molar-refractivity contribution < 1.29 is 9.84 Å². The van der Waals surface area contributed by atoms with Crippen LogP contribution in [0, 0.1) is 5.92 Å². The summed E-state index contributed by atoms with van der Waals surface area (Å²) in [6, 6.07) is 7.57. The minimum absolute atomic E-state index is 0.148. The minimum Gasteiger partial charge on any atom is -0.491 e. The normalized spacial score (nSPS) is 16.1. The molecule has 1 aliphatic rings. The number of aliphatic imine (C=N–C) groups is 1. The van der Waals surface area contributed by atoms with E-state index in [0.717, 1.165) is 36.3 Å². The van der Waals surface area contributed by atoms with E-state index < -0.39 is 6.10 Å². The van der Waals surface area contributed by atoms with Gasteiger partial charge in [-0.05, 0) is 50.8 Å². The van der Waals surface area contributed by atoms with Crippen LogP contribution in [0.4, 0.5) is 0 Å². The predicted octanol–water partition coefficient (Wildman–Crippen LogP) is 2.86. The number of nitrogens with zero attached hydrogens (tertiary/aromatic N) is 1. The SMILES string of the molecule is CCNC(=NCC(O)c1ccc(OC(C)C)cc1)NCCC1CC1. The summed E-state index contributed by atoms with van der Waals surface area (Å²) < 4.78 is 5.62. The van der Waals surface area contributed by atoms with Crippen molar-refractivity contribution in [3.8, 4) is 5.75 Å². The molecule has 1 aliphatic carbocycles. The van der Waals surface area contributed by atoms with Crippen LogP contribution in [0.3, 0.4) is 0 Å². The van der Waals surface area contributed by atoms with Gasteiger partial charge in [-0.3, -0.25) is 4.99 Å². The van der Waals surface area contributed by atoms with Crippen molar-refractivity contribution in [1.29, 1.82) is 0 Å². The molecule has 1 unspecified atom stereocenters. The van der Waals surface area contributed by atoms with Crippen molar-refractivity contribution in [3.63, 3.8) is 0 Å². The van der Waals surface area contributed by atoms with Gasteiger partial charge in [-0.15, -0.1) is 0 Å². The summed E-state index contributed by atoms with van der Waals surface area (Å²) in [7, 11) is 0. The van der Waals surface area contributed by atoms with Gasteiger partial charge in [0.2, 0.25) is 0 Å². The molecule has 134 valence electrons. The maximum Gasteiger partial charge on any atom is 0.191 e. The van der Waals surface area contributed by atoms with Crippen molar-refractivity contribution in [2.24, 2.45) is 10.9 Å². The first-order valence-corrected chi connectivity index (χ1v) is 9.05. The highest BCUT2D eigenvalue weighted by molar-refractivity contribution is 5.79. The second-order valence-corrected chi connectivity index (χ2v) is 6.63. The third-order valence-corrected chi connectivity index (χ3v) is 3.95. The topological polar surface area (TPSA) is 65.9 Å². The molecular weight excluding hydrogens is 302 g/mol. The lowest BCUT2D eigenvalue weighted by atomic mass is 10.1. The Morgan fingerprint density at radius 1 is 1.25 bits per heavy atom. The molecule has 0 radical (unpaired) electrons. The van der Waals surface area contributed by atoms with Crippen molar-refractivity contribution in [3.05, 3.63) is 29.8 Å². The van der Waals surface area contributed by atoms with E-state index in [1.165, 1.54) is 19.3 Å². The van der Waals surface area contributed by atoms with Gasteiger partial charge in [-0.2, -0.15) is 0 Å². The molecule has 5 heteroatoms. The third-order valence-electron chi connectivity index (χ3n) is 3.95. The largest absolute Gasteiger partial charge is 0.491 e. The fourth-order valence-electron chi connectivity index (χ4n) is 2.47. The molecule has 3 N–H and O–H groups in total. The van der Waals surface area contributed by atoms with E-state index in [4.69, 9.17) is 4.74 Å². The third kappa shape index (κ3) is 6.79. The smallest absolute Gasteiger partial charge is 0.191 e. The molecule has 0 aliphatic heterocycles. The molecule has 0 amide bonds. The lowest BCUT2D eigenvalue weighted by molar-refractivity contribution is 0.186. The lowest BCUT2D eigenvalue weighted by Gasteiger charge is -2.14. The van der Waals surface area contributed by atoms with E-state index in [9.17, 15) is 5.11 Å². The zero-order chi connectivity index (χ0) is 17.4. The van der Waals surface area contributed by atoms with Crippen LogP contribution in [0.25, 0.3) is 0 Å². The van der Waals surface area contributed by atoms with Crippen molar-refractivity contribution >= 4 is 5.96 Å². The van der Waals surface area contributed by atoms with Gasteiger partial charge in [0, 0.05) is 13.1 Å². The van der Waals surface area contributed by atoms with Gasteiger partial charge in [0.15, 0.2) is 5.96 Å². The predicted molar refractivity (Wildman–Crippen MR) is 98.5 cm³/mol. The molecule has 1 fully saturated rings. The Hall–Kier alpha value is -1.75. The van der Waals surface area contributed by atoms with Crippen molar-refractivity contribution in [2.45, 2.75) is 52.2 Å². The van der Waals surface area contributed by atoms with Crippen molar-refractivity contribution in [2.75, 3.05) is 19.6 Å². The van der Waals surface area contributed by atoms with Gasteiger partial charge in [0.05, 0.1) is 18.8 Å². The van der Waals surface area contributed by atoms with E-state index in [2.05, 4.69) is 15.6 Å². The van der Waals surface area contributed by atoms with Gasteiger partial charge in [0.25, 0.3) is 0 Å². The molecule has 24 heavy (non-hydrogen) atoms. The number of ether oxygens (including phenoxy) is 1. The van der Waals surface area contributed by atoms with Crippen LogP contribution in [0.15, 0.2) is 29.3 Å². The molecule has 0 heterocycles. The van der Waals surface area contributed by atoms with Crippen LogP contribution in [-0.2, 0) is 0 Å². The first kappa shape index (κ1) is 18.6. The lowest BCUT2D eigenvalue weighted by Crippen LogP contribution is -2.38. The Morgan fingerprint density at radius 2 is 1.96 bits per heavy atom. The Bertz CT molecular complexity index is 510. The van der Waals surface area contributed by atoms with Gasteiger partial charge in [-0.25, -0.2) is 0 Å². The van der Waals surface area contributed by atoms with Crippen LogP contribution in [-0.4, -0.2) is 36.8 Å². The highest BCUT2D eigenvalue weighted by Crippen LogP contribution is 2.31. The maximum absolute atomic E-state index is 10.3. The average molecular weight is 333 g/mol. The first-order chi connectivity index (χ1) is 11.6. The zero-order valence-electron chi connectivity index (χ0n) is 15.1. The Morgan fingerprint density at radius 3 is 2.54 bits per heavy atom. The van der Waals surface area contributed by atoms with Gasteiger partial charge >= 0.3 is 0 Å². The molecule has 1 aromatic rings. The monoisotopic (exact) mass is 333 g/mol. The maximum atomic E-state index is 10.3. The molecule has 0 spiro atoms. The number of guanidine groups is 1. The molecule has 5 nitrogen and oxygen atoms in total. The summed E-state index contributed by atoms with van der Waals surface area (Å²) in [5, 5.41) is 16.9. The van der Waals surface area contributed by atoms with Crippen LogP contribution in [0.2, 0.25) is 0 Å². The Labute approximate surface area is 145 Å². The fraction of sp³-hybridized carbons (Fsp3) is 0.632. The summed E-state index contributed by atoms with van der Waals surface area (Å²) >= 11 is 0. The molecular formula is C19H31N3O2. The van der Waals surface area contributed by atoms with Crippen LogP contribution >= 0.6 is 0 Å². The van der Waals surface area contributed by atoms with Gasteiger partial charge in [-0.1, -0.05) is 25.0 Å². The molecule has 0 aromatic heterocycles. The van der Waals surface area contributed by atoms with E-state index in [-0.39, 0.29) is 6.10 Å². The number of rotatable bonds is 9. The molecule has 1 aromatic carbocycles. The Balaban J connectivity index is 1.83. The number of aliphatic hydroxyl groups is 1. The number of hydrogen-bond donors (Lipinski definition) is 3. The fourth-order valence-corrected chi connectivity index (χ4v) is 2.47. The van der Waals surface area contributed by atoms with E-state index >= 15 is 0 Å². The van der Waals surface area contributed by atoms with Crippen LogP contribution < -0.4 is 15.4 Å². The highest BCUT2D eigenvalue weighted by atomic mass is 16.5. The summed E-state index contributed by atoms with van der Waals surface area (Å²) in [6.45, 7) is 8.12. The second kappa shape index (κ2) is 9.52. The number of benzene rings is 1. The molecule has 1 atom stereocenters. The van der Waals surface area contributed by atoms with Gasteiger partial charge < -0.3 is 20.5 Å². The molecule has 0 bridgehead atoms. The molecule has 2 rings (SSSR count). The average Bonchev–Trinajstić information content (AvgIpc) is 3.36. The number of aliphatic hydroxyl groups excluding tert-OH is 1.